The zero-order chi connectivity index (χ0) is 24.1. The van der Waals surface area contributed by atoms with Crippen LogP contribution in [0.1, 0.15) is 55.8 Å². The Kier molecular flexibility index (Phi) is 7.78. The second-order valence-corrected chi connectivity index (χ2v) is 10.8. The smallest absolute Gasteiger partial charge is 0.257 e. The lowest BCUT2D eigenvalue weighted by molar-refractivity contribution is 0.0641. The largest absolute Gasteiger partial charge is 0.497 e. The fourth-order valence-corrected chi connectivity index (χ4v) is 6.66. The Bertz CT molecular complexity index is 1090. The van der Waals surface area contributed by atoms with E-state index in [0.717, 1.165) is 32.1 Å². The van der Waals surface area contributed by atoms with Crippen molar-refractivity contribution in [3.8, 4) is 11.5 Å². The van der Waals surface area contributed by atoms with Gasteiger partial charge in [-0.15, -0.1) is 0 Å². The highest BCUT2D eigenvalue weighted by atomic mass is 32.2. The van der Waals surface area contributed by atoms with E-state index in [1.807, 2.05) is 30.0 Å². The first kappa shape index (κ1) is 24.5. The number of carbonyl (C=O) groups is 1. The zero-order valence-corrected chi connectivity index (χ0v) is 20.8. The summed E-state index contributed by atoms with van der Waals surface area (Å²) in [7, 11) is -2.17. The Morgan fingerprint density at radius 1 is 0.971 bits per heavy atom. The van der Waals surface area contributed by atoms with E-state index in [0.29, 0.717) is 43.1 Å². The van der Waals surface area contributed by atoms with Gasteiger partial charge in [0.2, 0.25) is 10.0 Å². The summed E-state index contributed by atoms with van der Waals surface area (Å²) >= 11 is 0. The van der Waals surface area contributed by atoms with Crippen molar-refractivity contribution < 1.29 is 22.7 Å². The number of rotatable bonds is 4. The summed E-state index contributed by atoms with van der Waals surface area (Å²) in [4.78, 5) is 15.3. The number of methoxy groups -OCH3 is 1. The molecule has 1 aliphatic heterocycles. The van der Waals surface area contributed by atoms with Crippen LogP contribution in [0.15, 0.2) is 53.4 Å². The molecule has 0 unspecified atom stereocenters. The van der Waals surface area contributed by atoms with Crippen LogP contribution in [0.25, 0.3) is 0 Å². The molecule has 0 N–H and O–H groups in total. The highest BCUT2D eigenvalue weighted by molar-refractivity contribution is 7.89. The number of nitrogens with zero attached hydrogens (tertiary/aromatic N) is 2. The van der Waals surface area contributed by atoms with Gasteiger partial charge in [0, 0.05) is 19.6 Å². The molecule has 7 nitrogen and oxygen atoms in total. The molecule has 2 atom stereocenters. The topological polar surface area (TPSA) is 76.2 Å². The Hall–Kier alpha value is -2.58. The van der Waals surface area contributed by atoms with Crippen molar-refractivity contribution >= 4 is 15.9 Å². The van der Waals surface area contributed by atoms with Gasteiger partial charge in [0.1, 0.15) is 17.6 Å². The van der Waals surface area contributed by atoms with Crippen LogP contribution in [0.5, 0.6) is 11.5 Å². The lowest BCUT2D eigenvalue weighted by atomic mass is 9.92. The standard InChI is InChI=1S/C26H34N2O5S/c1-3-27-18-8-9-19-28(34(30,31)21-16-14-20(32-2)15-17-21)23-11-5-7-13-25(23)33-24-12-6-4-10-22(24)26(27)29/h4,6,10,12,14-17,23,25H,3,5,7-9,11,13,18-19H2,1-2H3/t23-,25+/m1/s1. The fourth-order valence-electron chi connectivity index (χ4n) is 4.94. The SMILES string of the molecule is CCN1CCCCN(S(=O)(=O)c2ccc(OC)cc2)[C@@H]2CCCC[C@@H]2Oc2ccccc2C1=O. The maximum atomic E-state index is 13.8. The van der Waals surface area contributed by atoms with E-state index in [1.54, 1.807) is 41.7 Å². The molecule has 8 heteroatoms. The van der Waals surface area contributed by atoms with Crippen LogP contribution in [0.4, 0.5) is 0 Å². The average Bonchev–Trinajstić information content (AvgIpc) is 2.86. The molecular weight excluding hydrogens is 452 g/mol. The van der Waals surface area contributed by atoms with Gasteiger partial charge < -0.3 is 14.4 Å². The Morgan fingerprint density at radius 2 is 1.68 bits per heavy atom. The molecule has 0 aromatic heterocycles. The van der Waals surface area contributed by atoms with Crippen LogP contribution in [-0.2, 0) is 10.0 Å². The van der Waals surface area contributed by atoms with E-state index in [9.17, 15) is 13.2 Å². The molecule has 34 heavy (non-hydrogen) atoms. The Labute approximate surface area is 202 Å². The summed E-state index contributed by atoms with van der Waals surface area (Å²) in [6.45, 7) is 3.53. The van der Waals surface area contributed by atoms with E-state index in [1.165, 1.54) is 0 Å². The van der Waals surface area contributed by atoms with Crippen molar-refractivity contribution in [2.24, 2.45) is 0 Å². The van der Waals surface area contributed by atoms with Crippen molar-refractivity contribution in [1.29, 1.82) is 0 Å². The molecule has 1 fully saturated rings. The molecular formula is C26H34N2O5S. The van der Waals surface area contributed by atoms with Crippen molar-refractivity contribution in [1.82, 2.24) is 9.21 Å². The van der Waals surface area contributed by atoms with Gasteiger partial charge >= 0.3 is 0 Å². The minimum Gasteiger partial charge on any atom is -0.497 e. The molecule has 2 aromatic rings. The first-order valence-electron chi connectivity index (χ1n) is 12.2. The molecule has 0 saturated heterocycles. The predicted molar refractivity (Wildman–Crippen MR) is 131 cm³/mol. The average molecular weight is 487 g/mol. The lowest BCUT2D eigenvalue weighted by Gasteiger charge is -2.40. The highest BCUT2D eigenvalue weighted by Gasteiger charge is 2.39. The second-order valence-electron chi connectivity index (χ2n) is 8.89. The number of hydrogen-bond acceptors (Lipinski definition) is 5. The maximum absolute atomic E-state index is 13.8. The number of sulfonamides is 1. The van der Waals surface area contributed by atoms with E-state index < -0.39 is 10.0 Å². The van der Waals surface area contributed by atoms with Crippen LogP contribution in [0, 0.1) is 0 Å². The van der Waals surface area contributed by atoms with Crippen molar-refractivity contribution in [2.75, 3.05) is 26.7 Å². The van der Waals surface area contributed by atoms with E-state index in [2.05, 4.69) is 0 Å². The number of fused-ring (bicyclic) bond motifs is 2. The van der Waals surface area contributed by atoms with Gasteiger partial charge in [-0.3, -0.25) is 4.79 Å². The summed E-state index contributed by atoms with van der Waals surface area (Å²) < 4.78 is 41.0. The number of carbonyl (C=O) groups excluding carboxylic acids is 1. The van der Waals surface area contributed by atoms with Crippen LogP contribution < -0.4 is 9.47 Å². The minimum atomic E-state index is -3.74. The van der Waals surface area contributed by atoms with Gasteiger partial charge in [-0.1, -0.05) is 18.6 Å². The molecule has 0 radical (unpaired) electrons. The third-order valence-electron chi connectivity index (χ3n) is 6.82. The van der Waals surface area contributed by atoms with Gasteiger partial charge in [0.25, 0.3) is 5.91 Å². The van der Waals surface area contributed by atoms with Gasteiger partial charge in [-0.2, -0.15) is 4.31 Å². The van der Waals surface area contributed by atoms with E-state index >= 15 is 0 Å². The third kappa shape index (κ3) is 5.08. The molecule has 1 amide bonds. The first-order chi connectivity index (χ1) is 16.5. The van der Waals surface area contributed by atoms with Gasteiger partial charge in [0.15, 0.2) is 0 Å². The number of para-hydroxylation sites is 1. The summed E-state index contributed by atoms with van der Waals surface area (Å²) in [5, 5.41) is 0. The molecule has 1 saturated carbocycles. The molecule has 2 aliphatic rings. The predicted octanol–water partition coefficient (Wildman–Crippen LogP) is 4.33. The second kappa shape index (κ2) is 10.8. The molecule has 1 aliphatic carbocycles. The van der Waals surface area contributed by atoms with Crippen molar-refractivity contribution in [3.05, 3.63) is 54.1 Å². The van der Waals surface area contributed by atoms with Gasteiger partial charge in [-0.25, -0.2) is 8.42 Å². The Balaban J connectivity index is 1.73. The highest BCUT2D eigenvalue weighted by Crippen LogP contribution is 2.33. The summed E-state index contributed by atoms with van der Waals surface area (Å²) in [6, 6.07) is 13.6. The normalized spacial score (nSPS) is 22.5. The van der Waals surface area contributed by atoms with E-state index in [4.69, 9.17) is 9.47 Å². The Morgan fingerprint density at radius 3 is 2.41 bits per heavy atom. The van der Waals surface area contributed by atoms with Crippen LogP contribution >= 0.6 is 0 Å². The van der Waals surface area contributed by atoms with Crippen LogP contribution in [0.2, 0.25) is 0 Å². The summed E-state index contributed by atoms with van der Waals surface area (Å²) in [5.74, 6) is 1.12. The number of ether oxygens (including phenoxy) is 2. The van der Waals surface area contributed by atoms with Crippen LogP contribution in [-0.4, -0.2) is 62.4 Å². The zero-order valence-electron chi connectivity index (χ0n) is 20.0. The minimum absolute atomic E-state index is 0.0336. The number of amides is 1. The van der Waals surface area contributed by atoms with Gasteiger partial charge in [0.05, 0.1) is 23.6 Å². The molecule has 4 rings (SSSR count). The molecule has 1 heterocycles. The quantitative estimate of drug-likeness (QED) is 0.643. The molecule has 0 bridgehead atoms. The van der Waals surface area contributed by atoms with Crippen molar-refractivity contribution in [3.63, 3.8) is 0 Å². The lowest BCUT2D eigenvalue weighted by Crippen LogP contribution is -2.51. The van der Waals surface area contributed by atoms with Crippen molar-refractivity contribution in [2.45, 2.75) is 62.5 Å². The first-order valence-corrected chi connectivity index (χ1v) is 13.6. The molecule has 0 spiro atoms. The van der Waals surface area contributed by atoms with Gasteiger partial charge in [-0.05, 0) is 75.4 Å². The van der Waals surface area contributed by atoms with Crippen LogP contribution in [0.3, 0.4) is 0 Å². The summed E-state index contributed by atoms with van der Waals surface area (Å²) in [5.41, 5.74) is 0.541. The summed E-state index contributed by atoms with van der Waals surface area (Å²) in [6.07, 6.45) is 4.48. The monoisotopic (exact) mass is 486 g/mol. The third-order valence-corrected chi connectivity index (χ3v) is 8.76. The van der Waals surface area contributed by atoms with E-state index in [-0.39, 0.29) is 22.9 Å². The number of benzene rings is 2. The fraction of sp³-hybridized carbons (Fsp3) is 0.500. The maximum Gasteiger partial charge on any atom is 0.257 e. The number of hydrogen-bond donors (Lipinski definition) is 0. The molecule has 184 valence electrons. The molecule has 2 aromatic carbocycles.